The smallest absolute Gasteiger partial charge is 0.0809 e. The fraction of sp³-hybridized carbons (Fsp3) is 0.846. The molecule has 0 aromatic rings. The largest absolute Gasteiger partial charge is 0.379 e. The number of fused-ring (bicyclic) bond motifs is 2. The molecular formula is C13H20O2. The van der Waals surface area contributed by atoms with E-state index in [0.717, 1.165) is 32.2 Å². The van der Waals surface area contributed by atoms with Crippen LogP contribution < -0.4 is 0 Å². The topological polar surface area (TPSA) is 18.5 Å². The first-order chi connectivity index (χ1) is 7.36. The molecule has 84 valence electrons. The third-order valence-corrected chi connectivity index (χ3v) is 4.13. The zero-order valence-electron chi connectivity index (χ0n) is 9.28. The quantitative estimate of drug-likeness (QED) is 0.664. The summed E-state index contributed by atoms with van der Waals surface area (Å²) in [4.78, 5) is 0. The van der Waals surface area contributed by atoms with Crippen LogP contribution in [-0.4, -0.2) is 25.9 Å². The van der Waals surface area contributed by atoms with E-state index in [2.05, 4.69) is 12.2 Å². The van der Waals surface area contributed by atoms with Gasteiger partial charge in [0.2, 0.25) is 0 Å². The molecule has 0 spiro atoms. The van der Waals surface area contributed by atoms with E-state index in [1.54, 1.807) is 0 Å². The SMILES string of the molecule is C1=CC2(COC3CCCOC3)CCC1C2. The van der Waals surface area contributed by atoms with E-state index < -0.39 is 0 Å². The van der Waals surface area contributed by atoms with Crippen molar-refractivity contribution in [3.8, 4) is 0 Å². The molecule has 2 heteroatoms. The minimum Gasteiger partial charge on any atom is -0.379 e. The minimum absolute atomic E-state index is 0.362. The Morgan fingerprint density at radius 2 is 2.40 bits per heavy atom. The number of ether oxygens (including phenoxy) is 2. The molecule has 0 aromatic heterocycles. The second-order valence-corrected chi connectivity index (χ2v) is 5.37. The van der Waals surface area contributed by atoms with E-state index in [4.69, 9.17) is 9.47 Å². The van der Waals surface area contributed by atoms with Crippen LogP contribution in [0.2, 0.25) is 0 Å². The third-order valence-electron chi connectivity index (χ3n) is 4.13. The average Bonchev–Trinajstić information content (AvgIpc) is 2.89. The van der Waals surface area contributed by atoms with Gasteiger partial charge in [0.05, 0.1) is 19.3 Å². The number of hydrogen-bond acceptors (Lipinski definition) is 2. The first-order valence-corrected chi connectivity index (χ1v) is 6.25. The normalized spacial score (nSPS) is 43.7. The molecule has 2 aliphatic carbocycles. The highest BCUT2D eigenvalue weighted by Crippen LogP contribution is 2.49. The second-order valence-electron chi connectivity index (χ2n) is 5.37. The number of allylic oxidation sites excluding steroid dienone is 1. The van der Waals surface area contributed by atoms with E-state index in [0.29, 0.717) is 11.5 Å². The van der Waals surface area contributed by atoms with Gasteiger partial charge in [-0.2, -0.15) is 0 Å². The van der Waals surface area contributed by atoms with Crippen molar-refractivity contribution in [3.05, 3.63) is 12.2 Å². The lowest BCUT2D eigenvalue weighted by molar-refractivity contribution is -0.0683. The Balaban J connectivity index is 1.51. The van der Waals surface area contributed by atoms with E-state index in [1.165, 1.54) is 25.7 Å². The molecule has 3 rings (SSSR count). The van der Waals surface area contributed by atoms with Crippen LogP contribution in [0, 0.1) is 11.3 Å². The predicted octanol–water partition coefficient (Wildman–Crippen LogP) is 2.54. The van der Waals surface area contributed by atoms with Crippen LogP contribution >= 0.6 is 0 Å². The lowest BCUT2D eigenvalue weighted by Crippen LogP contribution is -2.30. The highest BCUT2D eigenvalue weighted by Gasteiger charge is 2.41. The summed E-state index contributed by atoms with van der Waals surface area (Å²) in [6, 6.07) is 0. The highest BCUT2D eigenvalue weighted by molar-refractivity contribution is 5.15. The standard InChI is InChI=1S/C13H20O2/c1-2-12(9-14-7-1)15-10-13-5-3-11(8-13)4-6-13/h3,5,11-12H,1-2,4,6-10H2. The Bertz CT molecular complexity index is 255. The van der Waals surface area contributed by atoms with Gasteiger partial charge in [-0.25, -0.2) is 0 Å². The van der Waals surface area contributed by atoms with Gasteiger partial charge in [0.25, 0.3) is 0 Å². The monoisotopic (exact) mass is 208 g/mol. The molecule has 15 heavy (non-hydrogen) atoms. The highest BCUT2D eigenvalue weighted by atomic mass is 16.5. The Morgan fingerprint density at radius 1 is 1.40 bits per heavy atom. The fourth-order valence-corrected chi connectivity index (χ4v) is 3.16. The van der Waals surface area contributed by atoms with E-state index in [9.17, 15) is 0 Å². The zero-order chi connectivity index (χ0) is 10.1. The summed E-state index contributed by atoms with van der Waals surface area (Å²) in [6.45, 7) is 2.66. The lowest BCUT2D eigenvalue weighted by Gasteiger charge is -2.28. The van der Waals surface area contributed by atoms with Crippen molar-refractivity contribution in [1.82, 2.24) is 0 Å². The maximum absolute atomic E-state index is 6.01. The molecule has 3 unspecified atom stereocenters. The van der Waals surface area contributed by atoms with Crippen LogP contribution in [0.25, 0.3) is 0 Å². The van der Waals surface area contributed by atoms with Gasteiger partial charge in [-0.05, 0) is 38.0 Å². The van der Waals surface area contributed by atoms with E-state index >= 15 is 0 Å². The van der Waals surface area contributed by atoms with Crippen LogP contribution in [0.3, 0.4) is 0 Å². The molecule has 3 atom stereocenters. The molecule has 1 aliphatic heterocycles. The molecule has 0 N–H and O–H groups in total. The fourth-order valence-electron chi connectivity index (χ4n) is 3.16. The molecule has 1 heterocycles. The molecule has 2 bridgehead atoms. The summed E-state index contributed by atoms with van der Waals surface area (Å²) in [5.74, 6) is 0.858. The van der Waals surface area contributed by atoms with Crippen LogP contribution in [0.15, 0.2) is 12.2 Å². The van der Waals surface area contributed by atoms with E-state index in [1.807, 2.05) is 0 Å². The summed E-state index contributed by atoms with van der Waals surface area (Å²) in [5.41, 5.74) is 0.405. The van der Waals surface area contributed by atoms with Crippen molar-refractivity contribution in [3.63, 3.8) is 0 Å². The summed E-state index contributed by atoms with van der Waals surface area (Å²) in [5, 5.41) is 0. The van der Waals surface area contributed by atoms with Crippen molar-refractivity contribution < 1.29 is 9.47 Å². The third kappa shape index (κ3) is 1.98. The summed E-state index contributed by atoms with van der Waals surface area (Å²) < 4.78 is 11.4. The predicted molar refractivity (Wildman–Crippen MR) is 58.7 cm³/mol. The minimum atomic E-state index is 0.362. The molecule has 1 saturated heterocycles. The first-order valence-electron chi connectivity index (χ1n) is 6.25. The van der Waals surface area contributed by atoms with Crippen LogP contribution in [0.5, 0.6) is 0 Å². The molecule has 0 aromatic carbocycles. The summed E-state index contributed by atoms with van der Waals surface area (Å²) in [7, 11) is 0. The van der Waals surface area contributed by atoms with E-state index in [-0.39, 0.29) is 0 Å². The Labute approximate surface area is 91.6 Å². The van der Waals surface area contributed by atoms with Gasteiger partial charge in [0.1, 0.15) is 0 Å². The average molecular weight is 208 g/mol. The Kier molecular flexibility index (Phi) is 2.57. The van der Waals surface area contributed by atoms with Crippen molar-refractivity contribution >= 4 is 0 Å². The Hall–Kier alpha value is -0.340. The molecule has 3 aliphatic rings. The number of hydrogen-bond donors (Lipinski definition) is 0. The summed E-state index contributed by atoms with van der Waals surface area (Å²) >= 11 is 0. The molecule has 0 amide bonds. The second kappa shape index (κ2) is 3.91. The molecule has 2 fully saturated rings. The van der Waals surface area contributed by atoms with Gasteiger partial charge >= 0.3 is 0 Å². The van der Waals surface area contributed by atoms with Gasteiger partial charge in [-0.3, -0.25) is 0 Å². The van der Waals surface area contributed by atoms with Crippen molar-refractivity contribution in [2.45, 2.75) is 38.2 Å². The van der Waals surface area contributed by atoms with Crippen molar-refractivity contribution in [2.75, 3.05) is 19.8 Å². The zero-order valence-corrected chi connectivity index (χ0v) is 9.28. The summed E-state index contributed by atoms with van der Waals surface area (Å²) in [6.07, 6.45) is 11.6. The van der Waals surface area contributed by atoms with Crippen LogP contribution in [0.4, 0.5) is 0 Å². The molecule has 0 radical (unpaired) electrons. The van der Waals surface area contributed by atoms with Crippen LogP contribution in [0.1, 0.15) is 32.1 Å². The molecular weight excluding hydrogens is 188 g/mol. The van der Waals surface area contributed by atoms with Gasteiger partial charge in [-0.15, -0.1) is 0 Å². The maximum Gasteiger partial charge on any atom is 0.0809 e. The van der Waals surface area contributed by atoms with Gasteiger partial charge in [-0.1, -0.05) is 12.2 Å². The van der Waals surface area contributed by atoms with Crippen LogP contribution in [-0.2, 0) is 9.47 Å². The van der Waals surface area contributed by atoms with Crippen molar-refractivity contribution in [1.29, 1.82) is 0 Å². The van der Waals surface area contributed by atoms with Crippen molar-refractivity contribution in [2.24, 2.45) is 11.3 Å². The maximum atomic E-state index is 6.01. The lowest BCUT2D eigenvalue weighted by atomic mass is 9.89. The van der Waals surface area contributed by atoms with Gasteiger partial charge in [0, 0.05) is 12.0 Å². The number of rotatable bonds is 3. The molecule has 2 nitrogen and oxygen atoms in total. The van der Waals surface area contributed by atoms with Gasteiger partial charge < -0.3 is 9.47 Å². The first kappa shape index (κ1) is 9.86. The Morgan fingerprint density at radius 3 is 3.00 bits per heavy atom. The molecule has 1 saturated carbocycles. The van der Waals surface area contributed by atoms with Gasteiger partial charge in [0.15, 0.2) is 0 Å².